The van der Waals surface area contributed by atoms with Crippen molar-refractivity contribution in [2.24, 2.45) is 5.92 Å². The summed E-state index contributed by atoms with van der Waals surface area (Å²) >= 11 is 6.06. The van der Waals surface area contributed by atoms with E-state index in [4.69, 9.17) is 16.0 Å². The SMILES string of the molecule is CCN(CC1CCN(C(=O)c2coc3cc(C)ccc23)CC1)C(=O)c1nc(F)ccc1Cl. The molecular weight excluding hydrogens is 433 g/mol. The van der Waals surface area contributed by atoms with Crippen molar-refractivity contribution in [3.63, 3.8) is 0 Å². The van der Waals surface area contributed by atoms with Crippen LogP contribution in [0.4, 0.5) is 4.39 Å². The summed E-state index contributed by atoms with van der Waals surface area (Å²) < 4.78 is 19.1. The first-order valence-electron chi connectivity index (χ1n) is 10.8. The van der Waals surface area contributed by atoms with Gasteiger partial charge in [-0.1, -0.05) is 23.7 Å². The third-order valence-corrected chi connectivity index (χ3v) is 6.33. The molecule has 1 aliphatic heterocycles. The number of furan rings is 1. The maximum atomic E-state index is 13.5. The number of likely N-dealkylation sites (tertiary alicyclic amines) is 1. The van der Waals surface area contributed by atoms with E-state index in [2.05, 4.69) is 4.98 Å². The van der Waals surface area contributed by atoms with Gasteiger partial charge in [-0.2, -0.15) is 4.39 Å². The molecule has 3 aromatic rings. The number of nitrogens with zero attached hydrogens (tertiary/aromatic N) is 3. The van der Waals surface area contributed by atoms with E-state index < -0.39 is 5.95 Å². The summed E-state index contributed by atoms with van der Waals surface area (Å²) in [4.78, 5) is 33.0. The number of carbonyl (C=O) groups is 2. The van der Waals surface area contributed by atoms with Crippen LogP contribution >= 0.6 is 11.6 Å². The number of rotatable bonds is 5. The van der Waals surface area contributed by atoms with Crippen LogP contribution < -0.4 is 0 Å². The second-order valence-electron chi connectivity index (χ2n) is 8.19. The monoisotopic (exact) mass is 457 g/mol. The Morgan fingerprint density at radius 3 is 2.72 bits per heavy atom. The van der Waals surface area contributed by atoms with E-state index >= 15 is 0 Å². The van der Waals surface area contributed by atoms with Crippen LogP contribution in [0.3, 0.4) is 0 Å². The summed E-state index contributed by atoms with van der Waals surface area (Å²) in [5.74, 6) is -0.914. The quantitative estimate of drug-likeness (QED) is 0.509. The zero-order chi connectivity index (χ0) is 22.8. The van der Waals surface area contributed by atoms with Gasteiger partial charge in [0.2, 0.25) is 5.95 Å². The molecule has 6 nitrogen and oxygen atoms in total. The number of halogens is 2. The van der Waals surface area contributed by atoms with Gasteiger partial charge in [-0.15, -0.1) is 0 Å². The third-order valence-electron chi connectivity index (χ3n) is 6.03. The molecule has 168 valence electrons. The van der Waals surface area contributed by atoms with Crippen molar-refractivity contribution in [3.8, 4) is 0 Å². The predicted octanol–water partition coefficient (Wildman–Crippen LogP) is 4.94. The third kappa shape index (κ3) is 4.48. The number of carbonyl (C=O) groups excluding carboxylic acids is 2. The highest BCUT2D eigenvalue weighted by molar-refractivity contribution is 6.33. The number of aromatic nitrogens is 1. The van der Waals surface area contributed by atoms with Gasteiger partial charge in [0.1, 0.15) is 17.5 Å². The Labute approximate surface area is 191 Å². The van der Waals surface area contributed by atoms with Gasteiger partial charge in [0.15, 0.2) is 0 Å². The lowest BCUT2D eigenvalue weighted by Gasteiger charge is -2.34. The van der Waals surface area contributed by atoms with Crippen molar-refractivity contribution >= 4 is 34.4 Å². The number of hydrogen-bond donors (Lipinski definition) is 0. The van der Waals surface area contributed by atoms with Crippen molar-refractivity contribution in [2.75, 3.05) is 26.2 Å². The minimum Gasteiger partial charge on any atom is -0.463 e. The van der Waals surface area contributed by atoms with Crippen molar-refractivity contribution in [1.82, 2.24) is 14.8 Å². The first kappa shape index (κ1) is 22.3. The molecule has 1 aliphatic rings. The highest BCUT2D eigenvalue weighted by atomic mass is 35.5. The lowest BCUT2D eigenvalue weighted by molar-refractivity contribution is 0.0612. The Morgan fingerprint density at radius 1 is 1.25 bits per heavy atom. The van der Waals surface area contributed by atoms with E-state index in [1.165, 1.54) is 12.3 Å². The average molecular weight is 458 g/mol. The number of benzene rings is 1. The standard InChI is InChI=1S/C24H25ClFN3O3/c1-3-28(24(31)22-19(25)6-7-21(26)27-22)13-16-8-10-29(11-9-16)23(30)18-14-32-20-12-15(2)4-5-17(18)20/h4-7,12,14,16H,3,8-11,13H2,1-2H3. The largest absolute Gasteiger partial charge is 0.463 e. The Bertz CT molecular complexity index is 1150. The molecule has 1 fully saturated rings. The molecule has 2 aromatic heterocycles. The lowest BCUT2D eigenvalue weighted by atomic mass is 9.95. The minimum atomic E-state index is -0.734. The van der Waals surface area contributed by atoms with Gasteiger partial charge >= 0.3 is 0 Å². The van der Waals surface area contributed by atoms with Gasteiger partial charge in [0.05, 0.1) is 10.6 Å². The number of hydrogen-bond acceptors (Lipinski definition) is 4. The molecule has 0 bridgehead atoms. The second-order valence-corrected chi connectivity index (χ2v) is 8.60. The first-order chi connectivity index (χ1) is 15.4. The van der Waals surface area contributed by atoms with Crippen LogP contribution in [0.2, 0.25) is 5.02 Å². The van der Waals surface area contributed by atoms with Crippen LogP contribution in [0.25, 0.3) is 11.0 Å². The maximum Gasteiger partial charge on any atom is 0.274 e. The van der Waals surface area contributed by atoms with Crippen molar-refractivity contribution < 1.29 is 18.4 Å². The second kappa shape index (κ2) is 9.28. The molecule has 2 amide bonds. The number of aryl methyl sites for hydroxylation is 1. The molecule has 1 saturated heterocycles. The van der Waals surface area contributed by atoms with Crippen LogP contribution in [0.1, 0.15) is 46.2 Å². The van der Waals surface area contributed by atoms with Crippen LogP contribution in [0.5, 0.6) is 0 Å². The smallest absolute Gasteiger partial charge is 0.274 e. The lowest BCUT2D eigenvalue weighted by Crippen LogP contribution is -2.43. The van der Waals surface area contributed by atoms with Crippen molar-refractivity contribution in [2.45, 2.75) is 26.7 Å². The van der Waals surface area contributed by atoms with E-state index in [0.717, 1.165) is 29.9 Å². The minimum absolute atomic E-state index is 0.0368. The molecule has 0 radical (unpaired) electrons. The van der Waals surface area contributed by atoms with Gasteiger partial charge < -0.3 is 14.2 Å². The van der Waals surface area contributed by atoms with E-state index in [-0.39, 0.29) is 28.4 Å². The molecule has 8 heteroatoms. The average Bonchev–Trinajstić information content (AvgIpc) is 3.21. The fourth-order valence-electron chi connectivity index (χ4n) is 4.18. The molecule has 32 heavy (non-hydrogen) atoms. The van der Waals surface area contributed by atoms with Gasteiger partial charge in [-0.3, -0.25) is 9.59 Å². The van der Waals surface area contributed by atoms with E-state index in [1.807, 2.05) is 36.9 Å². The Kier molecular flexibility index (Phi) is 6.46. The normalized spacial score (nSPS) is 14.7. The summed E-state index contributed by atoms with van der Waals surface area (Å²) in [7, 11) is 0. The molecule has 0 aliphatic carbocycles. The van der Waals surface area contributed by atoms with E-state index in [1.54, 1.807) is 4.90 Å². The highest BCUT2D eigenvalue weighted by Gasteiger charge is 2.28. The molecule has 0 N–H and O–H groups in total. The van der Waals surface area contributed by atoms with E-state index in [9.17, 15) is 14.0 Å². The fourth-order valence-corrected chi connectivity index (χ4v) is 4.36. The van der Waals surface area contributed by atoms with Crippen molar-refractivity contribution in [1.29, 1.82) is 0 Å². The zero-order valence-corrected chi connectivity index (χ0v) is 18.9. The number of amides is 2. The molecule has 0 spiro atoms. The molecule has 0 saturated carbocycles. The van der Waals surface area contributed by atoms with Crippen LogP contribution in [0, 0.1) is 18.8 Å². The molecule has 0 atom stereocenters. The molecular formula is C24H25ClFN3O3. The molecule has 3 heterocycles. The van der Waals surface area contributed by atoms with Crippen LogP contribution in [-0.2, 0) is 0 Å². The maximum absolute atomic E-state index is 13.5. The van der Waals surface area contributed by atoms with Gasteiger partial charge in [-0.05, 0) is 56.4 Å². The number of piperidine rings is 1. The topological polar surface area (TPSA) is 66.7 Å². The number of pyridine rings is 1. The molecule has 0 unspecified atom stereocenters. The summed E-state index contributed by atoms with van der Waals surface area (Å²) in [5, 5.41) is 0.961. The summed E-state index contributed by atoms with van der Waals surface area (Å²) in [6.07, 6.45) is 3.08. The molecule has 4 rings (SSSR count). The van der Waals surface area contributed by atoms with E-state index in [0.29, 0.717) is 37.3 Å². The van der Waals surface area contributed by atoms with Crippen molar-refractivity contribution in [3.05, 3.63) is 64.4 Å². The van der Waals surface area contributed by atoms with Gasteiger partial charge in [-0.25, -0.2) is 4.98 Å². The Morgan fingerprint density at radius 2 is 2.00 bits per heavy atom. The fraction of sp³-hybridized carbons (Fsp3) is 0.375. The predicted molar refractivity (Wildman–Crippen MR) is 120 cm³/mol. The summed E-state index contributed by atoms with van der Waals surface area (Å²) in [6.45, 7) is 6.04. The number of fused-ring (bicyclic) bond motifs is 1. The Balaban J connectivity index is 1.39. The first-order valence-corrected chi connectivity index (χ1v) is 11.1. The summed E-state index contributed by atoms with van der Waals surface area (Å²) in [6, 6.07) is 8.29. The molecule has 1 aromatic carbocycles. The van der Waals surface area contributed by atoms with Crippen LogP contribution in [0.15, 0.2) is 41.0 Å². The van der Waals surface area contributed by atoms with Crippen LogP contribution in [-0.4, -0.2) is 52.8 Å². The zero-order valence-electron chi connectivity index (χ0n) is 18.1. The van der Waals surface area contributed by atoms with Gasteiger partial charge in [0.25, 0.3) is 11.8 Å². The summed E-state index contributed by atoms with van der Waals surface area (Å²) in [5.41, 5.74) is 2.31. The Hall–Kier alpha value is -2.93. The highest BCUT2D eigenvalue weighted by Crippen LogP contribution is 2.26. The van der Waals surface area contributed by atoms with Gasteiger partial charge in [0, 0.05) is 31.6 Å².